The predicted molar refractivity (Wildman–Crippen MR) is 97.2 cm³/mol. The van der Waals surface area contributed by atoms with E-state index in [2.05, 4.69) is 15.2 Å². The molecule has 4 heterocycles. The molecule has 0 spiro atoms. The predicted octanol–water partition coefficient (Wildman–Crippen LogP) is 1.39. The Labute approximate surface area is 154 Å². The molecule has 1 aliphatic heterocycles. The molecule has 0 amide bonds. The molecule has 5 rings (SSSR count). The number of rotatable bonds is 4. The van der Waals surface area contributed by atoms with Gasteiger partial charge in [-0.05, 0) is 24.3 Å². The summed E-state index contributed by atoms with van der Waals surface area (Å²) in [5.41, 5.74) is 1.86. The summed E-state index contributed by atoms with van der Waals surface area (Å²) in [7, 11) is 0. The lowest BCUT2D eigenvalue weighted by Gasteiger charge is -2.29. The Kier molecular flexibility index (Phi) is 3.90. The van der Waals surface area contributed by atoms with Crippen molar-refractivity contribution in [2.75, 3.05) is 13.1 Å². The molecule has 3 aromatic heterocycles. The number of nitrogens with one attached hydrogen (secondary N) is 2. The molecule has 27 heavy (non-hydrogen) atoms. The molecule has 138 valence electrons. The van der Waals surface area contributed by atoms with E-state index < -0.39 is 0 Å². The third-order valence-electron chi connectivity index (χ3n) is 5.25. The minimum atomic E-state index is -0.0235. The number of nitrogens with zero attached hydrogens (tertiary/aromatic N) is 3. The van der Waals surface area contributed by atoms with Crippen molar-refractivity contribution in [3.8, 4) is 11.7 Å². The maximum absolute atomic E-state index is 12.4. The van der Waals surface area contributed by atoms with Gasteiger partial charge in [0.25, 0.3) is 11.8 Å². The molecule has 1 fully saturated rings. The Hall–Kier alpha value is -3.13. The first-order chi connectivity index (χ1) is 13.3. The number of hydrogen-bond acceptors (Lipinski definition) is 5. The van der Waals surface area contributed by atoms with Crippen LogP contribution in [-0.4, -0.2) is 32.8 Å². The van der Waals surface area contributed by atoms with Crippen LogP contribution >= 0.6 is 0 Å². The fraction of sp³-hybridized carbons (Fsp3) is 0.316. The van der Waals surface area contributed by atoms with Gasteiger partial charge in [0.05, 0.1) is 30.4 Å². The van der Waals surface area contributed by atoms with Crippen LogP contribution in [0.4, 0.5) is 0 Å². The number of likely N-dealkylation sites (tertiary alicyclic amines) is 1. The number of para-hydroxylation sites is 2. The number of aromatic nitrogens is 4. The molecule has 1 aromatic carbocycles. The van der Waals surface area contributed by atoms with E-state index in [1.165, 1.54) is 4.90 Å². The molecule has 2 N–H and O–H groups in total. The summed E-state index contributed by atoms with van der Waals surface area (Å²) in [5.74, 6) is 1.61. The van der Waals surface area contributed by atoms with Crippen molar-refractivity contribution < 1.29 is 13.7 Å². The standard InChI is InChI=1S/C19H19N5O3/c25-19-20-14-4-1-2-5-15(14)24(19)13-7-9-23(10-8-13)12-17-21-22-18(27-17)16-6-3-11-26-16/h1-6,11,13H,7-10,12H2,(H,20,25)/p+1. The second kappa shape index (κ2) is 6.55. The van der Waals surface area contributed by atoms with Crippen molar-refractivity contribution in [1.29, 1.82) is 0 Å². The van der Waals surface area contributed by atoms with Gasteiger partial charge in [0.15, 0.2) is 12.3 Å². The zero-order chi connectivity index (χ0) is 18.2. The summed E-state index contributed by atoms with van der Waals surface area (Å²) >= 11 is 0. The first-order valence-corrected chi connectivity index (χ1v) is 9.17. The highest BCUT2D eigenvalue weighted by Crippen LogP contribution is 2.21. The quantitative estimate of drug-likeness (QED) is 0.569. The van der Waals surface area contributed by atoms with Crippen molar-refractivity contribution in [2.45, 2.75) is 25.4 Å². The van der Waals surface area contributed by atoms with Gasteiger partial charge in [0, 0.05) is 18.9 Å². The van der Waals surface area contributed by atoms with Crippen LogP contribution in [0.25, 0.3) is 22.7 Å². The molecular formula is C19H20N5O3+. The summed E-state index contributed by atoms with van der Waals surface area (Å²) in [4.78, 5) is 16.7. The third-order valence-corrected chi connectivity index (χ3v) is 5.25. The fourth-order valence-electron chi connectivity index (χ4n) is 3.92. The lowest BCUT2D eigenvalue weighted by Crippen LogP contribution is -3.11. The molecular weight excluding hydrogens is 346 g/mol. The van der Waals surface area contributed by atoms with E-state index in [-0.39, 0.29) is 11.7 Å². The van der Waals surface area contributed by atoms with Crippen molar-refractivity contribution in [1.82, 2.24) is 19.7 Å². The number of quaternary nitrogens is 1. The smallest absolute Gasteiger partial charge is 0.326 e. The minimum Gasteiger partial charge on any atom is -0.459 e. The van der Waals surface area contributed by atoms with Crippen LogP contribution in [0.2, 0.25) is 0 Å². The van der Waals surface area contributed by atoms with Crippen LogP contribution in [0.15, 0.2) is 56.3 Å². The molecule has 0 bridgehead atoms. The number of fused-ring (bicyclic) bond motifs is 1. The maximum atomic E-state index is 12.4. The Morgan fingerprint density at radius 1 is 1.15 bits per heavy atom. The molecule has 1 saturated heterocycles. The van der Waals surface area contributed by atoms with Crippen LogP contribution in [0.3, 0.4) is 0 Å². The van der Waals surface area contributed by atoms with Crippen molar-refractivity contribution >= 4 is 11.0 Å². The summed E-state index contributed by atoms with van der Waals surface area (Å²) in [6.07, 6.45) is 3.47. The molecule has 8 nitrogen and oxygen atoms in total. The van der Waals surface area contributed by atoms with E-state index >= 15 is 0 Å². The highest BCUT2D eigenvalue weighted by Gasteiger charge is 2.27. The number of furan rings is 1. The second-order valence-corrected chi connectivity index (χ2v) is 6.95. The Bertz CT molecular complexity index is 1100. The Morgan fingerprint density at radius 2 is 2.00 bits per heavy atom. The second-order valence-electron chi connectivity index (χ2n) is 6.95. The Morgan fingerprint density at radius 3 is 2.81 bits per heavy atom. The molecule has 0 aliphatic carbocycles. The normalized spacial score (nSPS) is 20.3. The molecule has 1 aliphatic rings. The largest absolute Gasteiger partial charge is 0.459 e. The summed E-state index contributed by atoms with van der Waals surface area (Å²) in [5, 5.41) is 8.18. The minimum absolute atomic E-state index is 0.0235. The van der Waals surface area contributed by atoms with Crippen LogP contribution in [0, 0.1) is 0 Å². The highest BCUT2D eigenvalue weighted by atomic mass is 16.4. The van der Waals surface area contributed by atoms with E-state index in [4.69, 9.17) is 8.83 Å². The third kappa shape index (κ3) is 2.97. The zero-order valence-electron chi connectivity index (χ0n) is 14.7. The number of hydrogen-bond donors (Lipinski definition) is 2. The van der Waals surface area contributed by atoms with Gasteiger partial charge in [-0.1, -0.05) is 12.1 Å². The van der Waals surface area contributed by atoms with E-state index in [1.54, 1.807) is 18.4 Å². The van der Waals surface area contributed by atoms with Crippen molar-refractivity contribution in [3.63, 3.8) is 0 Å². The van der Waals surface area contributed by atoms with Gasteiger partial charge in [-0.3, -0.25) is 4.57 Å². The van der Waals surface area contributed by atoms with Crippen LogP contribution in [0.5, 0.6) is 0 Å². The summed E-state index contributed by atoms with van der Waals surface area (Å²) in [6, 6.07) is 11.7. The first kappa shape index (κ1) is 16.1. The molecule has 0 atom stereocenters. The molecule has 4 aromatic rings. The van der Waals surface area contributed by atoms with Gasteiger partial charge in [-0.2, -0.15) is 0 Å². The summed E-state index contributed by atoms with van der Waals surface area (Å²) in [6.45, 7) is 2.59. The maximum Gasteiger partial charge on any atom is 0.326 e. The van der Waals surface area contributed by atoms with Crippen molar-refractivity contribution in [2.24, 2.45) is 0 Å². The average Bonchev–Trinajstić information content (AvgIpc) is 3.41. The highest BCUT2D eigenvalue weighted by molar-refractivity contribution is 5.75. The number of aromatic amines is 1. The molecule has 8 heteroatoms. The Balaban J connectivity index is 1.26. The van der Waals surface area contributed by atoms with E-state index in [0.717, 1.165) is 37.0 Å². The number of benzene rings is 1. The lowest BCUT2D eigenvalue weighted by molar-refractivity contribution is -0.920. The van der Waals surface area contributed by atoms with E-state index in [0.29, 0.717) is 24.1 Å². The lowest BCUT2D eigenvalue weighted by atomic mass is 10.0. The van der Waals surface area contributed by atoms with E-state index in [9.17, 15) is 4.79 Å². The SMILES string of the molecule is O=c1[nH]c2ccccc2n1C1CC[NH+](Cc2nnc(-c3ccco3)o2)CC1. The number of imidazole rings is 1. The van der Waals surface area contributed by atoms with Gasteiger partial charge in [-0.25, -0.2) is 4.79 Å². The van der Waals surface area contributed by atoms with Gasteiger partial charge < -0.3 is 18.7 Å². The zero-order valence-corrected chi connectivity index (χ0v) is 14.7. The van der Waals surface area contributed by atoms with Gasteiger partial charge in [-0.15, -0.1) is 10.2 Å². The van der Waals surface area contributed by atoms with E-state index in [1.807, 2.05) is 28.8 Å². The van der Waals surface area contributed by atoms with Crippen LogP contribution in [0.1, 0.15) is 24.8 Å². The van der Waals surface area contributed by atoms with Crippen LogP contribution < -0.4 is 10.6 Å². The van der Waals surface area contributed by atoms with Gasteiger partial charge in [0.1, 0.15) is 0 Å². The fourth-order valence-corrected chi connectivity index (χ4v) is 3.92. The molecule has 0 radical (unpaired) electrons. The molecule has 0 saturated carbocycles. The number of piperidine rings is 1. The van der Waals surface area contributed by atoms with Crippen molar-refractivity contribution in [3.05, 3.63) is 59.0 Å². The van der Waals surface area contributed by atoms with Gasteiger partial charge >= 0.3 is 5.69 Å². The van der Waals surface area contributed by atoms with Gasteiger partial charge in [0.2, 0.25) is 0 Å². The monoisotopic (exact) mass is 366 g/mol. The summed E-state index contributed by atoms with van der Waals surface area (Å²) < 4.78 is 12.9. The topological polar surface area (TPSA) is 94.3 Å². The number of H-pyrrole nitrogens is 1. The first-order valence-electron chi connectivity index (χ1n) is 9.17. The van der Waals surface area contributed by atoms with Crippen LogP contribution in [-0.2, 0) is 6.54 Å². The molecule has 0 unspecified atom stereocenters. The average molecular weight is 366 g/mol.